The highest BCUT2D eigenvalue weighted by atomic mass is 16.5. The van der Waals surface area contributed by atoms with E-state index in [2.05, 4.69) is 15.2 Å². The van der Waals surface area contributed by atoms with E-state index >= 15 is 0 Å². The zero-order valence-electron chi connectivity index (χ0n) is 10.3. The summed E-state index contributed by atoms with van der Waals surface area (Å²) in [5, 5.41) is 17.6. The van der Waals surface area contributed by atoms with Gasteiger partial charge in [-0.15, -0.1) is 0 Å². The summed E-state index contributed by atoms with van der Waals surface area (Å²) in [5.41, 5.74) is 1.34. The van der Waals surface area contributed by atoms with E-state index in [1.165, 1.54) is 6.20 Å². The Morgan fingerprint density at radius 2 is 1.94 bits per heavy atom. The molecule has 1 N–H and O–H groups in total. The van der Waals surface area contributed by atoms with Gasteiger partial charge in [0.15, 0.2) is 0 Å². The molecule has 5 heteroatoms. The first-order valence-corrected chi connectivity index (χ1v) is 5.73. The van der Waals surface area contributed by atoms with Crippen LogP contribution in [0.2, 0.25) is 0 Å². The monoisotopic (exact) mass is 245 g/mol. The third-order valence-electron chi connectivity index (χ3n) is 2.34. The first kappa shape index (κ1) is 12.4. The Balaban J connectivity index is 2.23. The fourth-order valence-corrected chi connectivity index (χ4v) is 1.58. The van der Waals surface area contributed by atoms with Crippen LogP contribution in [0.3, 0.4) is 0 Å². The van der Waals surface area contributed by atoms with Crippen molar-refractivity contribution in [2.75, 3.05) is 0 Å². The van der Waals surface area contributed by atoms with Gasteiger partial charge in [-0.1, -0.05) is 0 Å². The molecule has 2 aromatic rings. The van der Waals surface area contributed by atoms with Crippen molar-refractivity contribution in [1.82, 2.24) is 15.2 Å². The maximum Gasteiger partial charge on any atom is 0.138 e. The molecular weight excluding hydrogens is 230 g/mol. The Morgan fingerprint density at radius 3 is 2.61 bits per heavy atom. The molecule has 1 atom stereocenters. The summed E-state index contributed by atoms with van der Waals surface area (Å²) < 4.78 is 5.54. The summed E-state index contributed by atoms with van der Waals surface area (Å²) in [5.74, 6) is 0.642. The molecule has 0 bridgehead atoms. The number of aliphatic hydroxyl groups excluding tert-OH is 1. The molecular formula is C13H15N3O2. The first-order valence-electron chi connectivity index (χ1n) is 5.73. The molecule has 94 valence electrons. The fourth-order valence-electron chi connectivity index (χ4n) is 1.58. The van der Waals surface area contributed by atoms with Gasteiger partial charge in [0.2, 0.25) is 0 Å². The van der Waals surface area contributed by atoms with Crippen LogP contribution < -0.4 is 4.74 Å². The van der Waals surface area contributed by atoms with E-state index < -0.39 is 6.10 Å². The quantitative estimate of drug-likeness (QED) is 0.888. The summed E-state index contributed by atoms with van der Waals surface area (Å²) >= 11 is 0. The molecule has 1 unspecified atom stereocenters. The van der Waals surface area contributed by atoms with Crippen molar-refractivity contribution < 1.29 is 9.84 Å². The predicted octanol–water partition coefficient (Wildman–Crippen LogP) is 1.74. The molecule has 0 aliphatic heterocycles. The number of nitrogens with zero attached hydrogens (tertiary/aromatic N) is 3. The van der Waals surface area contributed by atoms with Gasteiger partial charge in [-0.05, 0) is 26.0 Å². The van der Waals surface area contributed by atoms with E-state index in [9.17, 15) is 5.11 Å². The standard InChI is InChI=1S/C13H15N3O2/c1-9(2)18-12-5-11(6-14-8-12)13(17)10-3-4-15-16-7-10/h3-9,13,17H,1-2H3. The summed E-state index contributed by atoms with van der Waals surface area (Å²) in [4.78, 5) is 4.06. The van der Waals surface area contributed by atoms with Crippen molar-refractivity contribution in [3.05, 3.63) is 48.0 Å². The molecule has 2 heterocycles. The average Bonchev–Trinajstić information content (AvgIpc) is 2.38. The Kier molecular flexibility index (Phi) is 3.84. The Hall–Kier alpha value is -2.01. The van der Waals surface area contributed by atoms with E-state index in [1.807, 2.05) is 13.8 Å². The van der Waals surface area contributed by atoms with Gasteiger partial charge in [0, 0.05) is 23.5 Å². The molecule has 0 radical (unpaired) electrons. The average molecular weight is 245 g/mol. The third-order valence-corrected chi connectivity index (χ3v) is 2.34. The highest BCUT2D eigenvalue weighted by molar-refractivity contribution is 5.30. The number of rotatable bonds is 4. The van der Waals surface area contributed by atoms with Gasteiger partial charge in [0.1, 0.15) is 11.9 Å². The van der Waals surface area contributed by atoms with Gasteiger partial charge in [-0.3, -0.25) is 4.98 Å². The van der Waals surface area contributed by atoms with E-state index in [0.29, 0.717) is 16.9 Å². The summed E-state index contributed by atoms with van der Waals surface area (Å²) in [7, 11) is 0. The van der Waals surface area contributed by atoms with Crippen LogP contribution in [0.25, 0.3) is 0 Å². The maximum atomic E-state index is 10.2. The maximum absolute atomic E-state index is 10.2. The number of aliphatic hydroxyl groups is 1. The van der Waals surface area contributed by atoms with Crippen molar-refractivity contribution in [3.8, 4) is 5.75 Å². The van der Waals surface area contributed by atoms with Crippen molar-refractivity contribution in [3.63, 3.8) is 0 Å². The van der Waals surface area contributed by atoms with Gasteiger partial charge in [-0.2, -0.15) is 10.2 Å². The summed E-state index contributed by atoms with van der Waals surface area (Å²) in [6.07, 6.45) is 5.60. The summed E-state index contributed by atoms with van der Waals surface area (Å²) in [6, 6.07) is 3.49. The smallest absolute Gasteiger partial charge is 0.138 e. The van der Waals surface area contributed by atoms with Crippen LogP contribution in [-0.2, 0) is 0 Å². The van der Waals surface area contributed by atoms with Gasteiger partial charge >= 0.3 is 0 Å². The van der Waals surface area contributed by atoms with E-state index in [4.69, 9.17) is 4.74 Å². The molecule has 5 nitrogen and oxygen atoms in total. The highest BCUT2D eigenvalue weighted by Gasteiger charge is 2.12. The number of hydrogen-bond donors (Lipinski definition) is 1. The van der Waals surface area contributed by atoms with Gasteiger partial charge in [0.25, 0.3) is 0 Å². The second-order valence-corrected chi connectivity index (χ2v) is 4.20. The molecule has 0 aliphatic carbocycles. The minimum Gasteiger partial charge on any atom is -0.489 e. The van der Waals surface area contributed by atoms with Crippen molar-refractivity contribution >= 4 is 0 Å². The Bertz CT molecular complexity index is 503. The molecule has 2 aromatic heterocycles. The van der Waals surface area contributed by atoms with Crippen molar-refractivity contribution in [2.24, 2.45) is 0 Å². The van der Waals surface area contributed by atoms with E-state index in [-0.39, 0.29) is 6.10 Å². The van der Waals surface area contributed by atoms with Crippen molar-refractivity contribution in [2.45, 2.75) is 26.1 Å². The van der Waals surface area contributed by atoms with E-state index in [0.717, 1.165) is 0 Å². The number of aromatic nitrogens is 3. The number of pyridine rings is 1. The summed E-state index contributed by atoms with van der Waals surface area (Å²) in [6.45, 7) is 3.88. The number of ether oxygens (including phenoxy) is 1. The normalized spacial score (nSPS) is 12.4. The molecule has 0 aliphatic rings. The Labute approximate surface area is 105 Å². The van der Waals surface area contributed by atoms with Gasteiger partial charge in [0.05, 0.1) is 18.5 Å². The minimum atomic E-state index is -0.774. The van der Waals surface area contributed by atoms with E-state index in [1.54, 1.807) is 30.7 Å². The molecule has 0 saturated heterocycles. The van der Waals surface area contributed by atoms with Crippen LogP contribution >= 0.6 is 0 Å². The minimum absolute atomic E-state index is 0.0711. The molecule has 0 amide bonds. The first-order chi connectivity index (χ1) is 8.66. The molecule has 0 aromatic carbocycles. The second kappa shape index (κ2) is 5.55. The van der Waals surface area contributed by atoms with Crippen LogP contribution in [0.1, 0.15) is 31.1 Å². The molecule has 2 rings (SSSR count). The largest absolute Gasteiger partial charge is 0.489 e. The lowest BCUT2D eigenvalue weighted by atomic mass is 10.1. The zero-order chi connectivity index (χ0) is 13.0. The van der Waals surface area contributed by atoms with Crippen molar-refractivity contribution in [1.29, 1.82) is 0 Å². The van der Waals surface area contributed by atoms with Gasteiger partial charge in [-0.25, -0.2) is 0 Å². The zero-order valence-corrected chi connectivity index (χ0v) is 10.3. The van der Waals surface area contributed by atoms with Gasteiger partial charge < -0.3 is 9.84 Å². The lowest BCUT2D eigenvalue weighted by Gasteiger charge is -2.13. The highest BCUT2D eigenvalue weighted by Crippen LogP contribution is 2.23. The lowest BCUT2D eigenvalue weighted by Crippen LogP contribution is -2.07. The molecule has 18 heavy (non-hydrogen) atoms. The molecule has 0 spiro atoms. The Morgan fingerprint density at radius 1 is 1.11 bits per heavy atom. The van der Waals surface area contributed by atoms with Crippen LogP contribution in [0.4, 0.5) is 0 Å². The van der Waals surface area contributed by atoms with Crippen LogP contribution in [-0.4, -0.2) is 26.4 Å². The fraction of sp³-hybridized carbons (Fsp3) is 0.308. The SMILES string of the molecule is CC(C)Oc1cncc(C(O)c2ccnnc2)c1. The van der Waals surface area contributed by atoms with Crippen LogP contribution in [0.15, 0.2) is 36.9 Å². The number of hydrogen-bond acceptors (Lipinski definition) is 5. The second-order valence-electron chi connectivity index (χ2n) is 4.20. The topological polar surface area (TPSA) is 68.1 Å². The van der Waals surface area contributed by atoms with Crippen LogP contribution in [0, 0.1) is 0 Å². The molecule has 0 fully saturated rings. The molecule has 0 saturated carbocycles. The van der Waals surface area contributed by atoms with Crippen LogP contribution in [0.5, 0.6) is 5.75 Å². The third kappa shape index (κ3) is 3.01. The predicted molar refractivity (Wildman–Crippen MR) is 66.1 cm³/mol. The lowest BCUT2D eigenvalue weighted by molar-refractivity contribution is 0.215.